The smallest absolute Gasteiger partial charge is 0.230 e. The lowest BCUT2D eigenvalue weighted by atomic mass is 10.1. The Morgan fingerprint density at radius 2 is 2.12 bits per heavy atom. The number of hydrogen-bond acceptors (Lipinski definition) is 3. The van der Waals surface area contributed by atoms with Gasteiger partial charge in [-0.05, 0) is 31.0 Å². The van der Waals surface area contributed by atoms with E-state index in [9.17, 15) is 9.90 Å². The van der Waals surface area contributed by atoms with Gasteiger partial charge in [0.1, 0.15) is 5.75 Å². The first-order valence-electron chi connectivity index (χ1n) is 5.70. The summed E-state index contributed by atoms with van der Waals surface area (Å²) in [6.45, 7) is 6.15. The van der Waals surface area contributed by atoms with Crippen molar-refractivity contribution in [3.05, 3.63) is 24.3 Å². The minimum absolute atomic E-state index is 0.0274. The summed E-state index contributed by atoms with van der Waals surface area (Å²) in [5.41, 5.74) is 0. The molecule has 1 rings (SSSR count). The molecule has 0 radical (unpaired) electrons. The summed E-state index contributed by atoms with van der Waals surface area (Å²) in [6.07, 6.45) is 0. The first-order chi connectivity index (χ1) is 7.99. The van der Waals surface area contributed by atoms with E-state index in [4.69, 9.17) is 0 Å². The Balaban J connectivity index is 2.38. The number of phenols is 1. The van der Waals surface area contributed by atoms with E-state index in [0.29, 0.717) is 11.7 Å². The van der Waals surface area contributed by atoms with Gasteiger partial charge in [0.25, 0.3) is 0 Å². The van der Waals surface area contributed by atoms with Crippen LogP contribution in [-0.2, 0) is 4.79 Å². The summed E-state index contributed by atoms with van der Waals surface area (Å²) >= 11 is 1.42. The van der Waals surface area contributed by atoms with Crippen molar-refractivity contribution in [3.63, 3.8) is 0 Å². The molecule has 2 N–H and O–H groups in total. The Labute approximate surface area is 107 Å². The quantitative estimate of drug-likeness (QED) is 0.793. The van der Waals surface area contributed by atoms with Crippen LogP contribution in [0.15, 0.2) is 29.2 Å². The molecule has 0 spiro atoms. The average molecular weight is 253 g/mol. The number of nitrogens with one attached hydrogen (secondary N) is 1. The minimum atomic E-state index is 0.0274. The Morgan fingerprint density at radius 1 is 1.41 bits per heavy atom. The summed E-state index contributed by atoms with van der Waals surface area (Å²) in [6, 6.07) is 7.11. The van der Waals surface area contributed by atoms with Crippen molar-refractivity contribution in [2.45, 2.75) is 31.7 Å². The van der Waals surface area contributed by atoms with Crippen LogP contribution in [0, 0.1) is 5.92 Å². The van der Waals surface area contributed by atoms with Crippen molar-refractivity contribution in [3.8, 4) is 5.75 Å². The zero-order valence-corrected chi connectivity index (χ0v) is 11.3. The van der Waals surface area contributed by atoms with E-state index in [1.54, 1.807) is 18.2 Å². The molecule has 1 unspecified atom stereocenters. The van der Waals surface area contributed by atoms with E-state index in [0.717, 1.165) is 4.90 Å². The van der Waals surface area contributed by atoms with Gasteiger partial charge in [-0.2, -0.15) is 0 Å². The van der Waals surface area contributed by atoms with Gasteiger partial charge in [0.2, 0.25) is 5.91 Å². The Morgan fingerprint density at radius 3 is 2.71 bits per heavy atom. The molecular weight excluding hydrogens is 234 g/mol. The highest BCUT2D eigenvalue weighted by molar-refractivity contribution is 8.00. The number of amides is 1. The normalized spacial score (nSPS) is 12.5. The molecule has 3 nitrogen and oxygen atoms in total. The summed E-state index contributed by atoms with van der Waals surface area (Å²) in [5, 5.41) is 12.2. The molecule has 1 atom stereocenters. The molecule has 0 aromatic heterocycles. The van der Waals surface area contributed by atoms with Crippen LogP contribution in [0.4, 0.5) is 0 Å². The number of carbonyl (C=O) groups excluding carboxylic acids is 1. The van der Waals surface area contributed by atoms with Crippen molar-refractivity contribution in [1.82, 2.24) is 5.32 Å². The number of phenolic OH excluding ortho intramolecular Hbond substituents is 1. The number of carbonyl (C=O) groups is 1. The maximum Gasteiger partial charge on any atom is 0.230 e. The van der Waals surface area contributed by atoms with E-state index in [2.05, 4.69) is 19.2 Å². The van der Waals surface area contributed by atoms with E-state index in [-0.39, 0.29) is 17.7 Å². The van der Waals surface area contributed by atoms with Gasteiger partial charge in [-0.15, -0.1) is 11.8 Å². The number of aromatic hydroxyl groups is 1. The molecule has 1 amide bonds. The molecular formula is C13H19NO2S. The van der Waals surface area contributed by atoms with Gasteiger partial charge < -0.3 is 10.4 Å². The van der Waals surface area contributed by atoms with Crippen LogP contribution in [0.3, 0.4) is 0 Å². The molecule has 1 aromatic rings. The topological polar surface area (TPSA) is 49.3 Å². The highest BCUT2D eigenvalue weighted by Crippen LogP contribution is 2.21. The van der Waals surface area contributed by atoms with Gasteiger partial charge in [0, 0.05) is 10.9 Å². The van der Waals surface area contributed by atoms with Crippen molar-refractivity contribution in [2.75, 3.05) is 5.75 Å². The van der Waals surface area contributed by atoms with Crippen LogP contribution in [0.2, 0.25) is 0 Å². The standard InChI is InChI=1S/C13H19NO2S/c1-9(2)10(3)14-13(16)8-17-12-6-4-5-11(15)7-12/h4-7,9-10,15H,8H2,1-3H3,(H,14,16). The summed E-state index contributed by atoms with van der Waals surface area (Å²) in [7, 11) is 0. The molecule has 0 bridgehead atoms. The van der Waals surface area contributed by atoms with Crippen molar-refractivity contribution >= 4 is 17.7 Å². The Bertz CT molecular complexity index is 379. The highest BCUT2D eigenvalue weighted by atomic mass is 32.2. The highest BCUT2D eigenvalue weighted by Gasteiger charge is 2.10. The monoisotopic (exact) mass is 253 g/mol. The summed E-state index contributed by atoms with van der Waals surface area (Å²) in [5.74, 6) is 1.07. The third-order valence-electron chi connectivity index (χ3n) is 2.58. The number of thioether (sulfide) groups is 1. The lowest BCUT2D eigenvalue weighted by molar-refractivity contribution is -0.119. The van der Waals surface area contributed by atoms with E-state index in [1.165, 1.54) is 11.8 Å². The van der Waals surface area contributed by atoms with E-state index >= 15 is 0 Å². The molecule has 1 aromatic carbocycles. The van der Waals surface area contributed by atoms with Crippen LogP contribution in [-0.4, -0.2) is 22.8 Å². The van der Waals surface area contributed by atoms with Gasteiger partial charge in [-0.1, -0.05) is 19.9 Å². The fraction of sp³-hybridized carbons (Fsp3) is 0.462. The lowest BCUT2D eigenvalue weighted by Gasteiger charge is -2.17. The fourth-order valence-electron chi connectivity index (χ4n) is 1.18. The van der Waals surface area contributed by atoms with Crippen molar-refractivity contribution in [2.24, 2.45) is 5.92 Å². The van der Waals surface area contributed by atoms with Crippen LogP contribution in [0.25, 0.3) is 0 Å². The maximum absolute atomic E-state index is 11.6. The van der Waals surface area contributed by atoms with Crippen LogP contribution >= 0.6 is 11.8 Å². The SMILES string of the molecule is CC(C)C(C)NC(=O)CSc1cccc(O)c1. The summed E-state index contributed by atoms with van der Waals surface area (Å²) in [4.78, 5) is 12.5. The third kappa shape index (κ3) is 5.13. The van der Waals surface area contributed by atoms with Gasteiger partial charge in [-0.3, -0.25) is 4.79 Å². The second-order valence-electron chi connectivity index (χ2n) is 4.39. The van der Waals surface area contributed by atoms with Crippen LogP contribution in [0.5, 0.6) is 5.75 Å². The lowest BCUT2D eigenvalue weighted by Crippen LogP contribution is -2.37. The van der Waals surface area contributed by atoms with E-state index in [1.807, 2.05) is 13.0 Å². The van der Waals surface area contributed by atoms with Crippen LogP contribution in [0.1, 0.15) is 20.8 Å². The number of hydrogen-bond donors (Lipinski definition) is 2. The summed E-state index contributed by atoms with van der Waals surface area (Å²) < 4.78 is 0. The second-order valence-corrected chi connectivity index (χ2v) is 5.43. The first-order valence-corrected chi connectivity index (χ1v) is 6.69. The number of benzene rings is 1. The van der Waals surface area contributed by atoms with Crippen molar-refractivity contribution < 1.29 is 9.90 Å². The molecule has 0 aliphatic rings. The largest absolute Gasteiger partial charge is 0.508 e. The van der Waals surface area contributed by atoms with Crippen molar-refractivity contribution in [1.29, 1.82) is 0 Å². The fourth-order valence-corrected chi connectivity index (χ4v) is 1.94. The molecule has 4 heteroatoms. The van der Waals surface area contributed by atoms with Gasteiger partial charge in [-0.25, -0.2) is 0 Å². The van der Waals surface area contributed by atoms with E-state index < -0.39 is 0 Å². The zero-order chi connectivity index (χ0) is 12.8. The third-order valence-corrected chi connectivity index (χ3v) is 3.57. The van der Waals surface area contributed by atoms with Gasteiger partial charge in [0.05, 0.1) is 5.75 Å². The molecule has 0 aliphatic heterocycles. The van der Waals surface area contributed by atoms with Crippen LogP contribution < -0.4 is 5.32 Å². The average Bonchev–Trinajstić information content (AvgIpc) is 2.26. The second kappa shape index (κ2) is 6.55. The molecule has 0 heterocycles. The molecule has 94 valence electrons. The van der Waals surface area contributed by atoms with Gasteiger partial charge >= 0.3 is 0 Å². The maximum atomic E-state index is 11.6. The Kier molecular flexibility index (Phi) is 5.35. The molecule has 17 heavy (non-hydrogen) atoms. The minimum Gasteiger partial charge on any atom is -0.508 e. The Hall–Kier alpha value is -1.16. The first kappa shape index (κ1) is 13.9. The predicted octanol–water partition coefficient (Wildman–Crippen LogP) is 2.65. The predicted molar refractivity (Wildman–Crippen MR) is 71.3 cm³/mol. The zero-order valence-electron chi connectivity index (χ0n) is 10.4. The van der Waals surface area contributed by atoms with Gasteiger partial charge in [0.15, 0.2) is 0 Å². The molecule has 0 saturated heterocycles. The molecule has 0 fully saturated rings. The molecule has 0 saturated carbocycles. The molecule has 0 aliphatic carbocycles. The number of rotatable bonds is 5.